The molecule has 0 aliphatic heterocycles. The van der Waals surface area contributed by atoms with E-state index in [1.807, 2.05) is 0 Å². The Bertz CT molecular complexity index is 1350. The molecule has 12 heteroatoms. The van der Waals surface area contributed by atoms with Gasteiger partial charge in [-0.3, -0.25) is 4.79 Å². The zero-order valence-corrected chi connectivity index (χ0v) is 23.6. The van der Waals surface area contributed by atoms with Crippen LogP contribution in [-0.2, 0) is 4.79 Å². The summed E-state index contributed by atoms with van der Waals surface area (Å²) >= 11 is 1.32. The number of fused-ring (bicyclic) bond motifs is 1. The first-order chi connectivity index (χ1) is 19.4. The number of carbonyl (C=O) groups excluding carboxylic acids is 1. The number of aliphatic hydroxyl groups excluding tert-OH is 1. The Hall–Kier alpha value is -3.19. The van der Waals surface area contributed by atoms with Gasteiger partial charge < -0.3 is 26.0 Å². The first-order valence-corrected chi connectivity index (χ1v) is 14.5. The molecule has 1 aromatic carbocycles. The van der Waals surface area contributed by atoms with Crippen LogP contribution in [-0.4, -0.2) is 81.7 Å². The standard InChI is InChI=1S/C28H35FN8O2S/c1-3-9-37(2)10-8-30-17-27-15-28(27,16-27)26(39)34-24-14-23(31-18-32-24)33-22-13-21(19-6-4-5-7-20(19)29)35-36-25(22)40-12-11-38/h4-7,13-14,18,30,38H,3,8-12,15-17H2,1-2H3,(H2,31,32,33,34,35,39). The fourth-order valence-electron chi connectivity index (χ4n) is 5.19. The van der Waals surface area contributed by atoms with Gasteiger partial charge in [-0.1, -0.05) is 19.1 Å². The molecular weight excluding hydrogens is 531 g/mol. The molecule has 2 saturated carbocycles. The van der Waals surface area contributed by atoms with Gasteiger partial charge in [-0.15, -0.1) is 22.0 Å². The Morgan fingerprint density at radius 1 is 1.15 bits per heavy atom. The van der Waals surface area contributed by atoms with Crippen molar-refractivity contribution >= 4 is 35.0 Å². The quantitative estimate of drug-likeness (QED) is 0.160. The molecule has 0 saturated heterocycles. The van der Waals surface area contributed by atoms with Crippen molar-refractivity contribution in [3.05, 3.63) is 48.5 Å². The number of hydrogen-bond acceptors (Lipinski definition) is 10. The molecule has 4 N–H and O–H groups in total. The summed E-state index contributed by atoms with van der Waals surface area (Å²) in [5.74, 6) is 0.854. The van der Waals surface area contributed by atoms with E-state index in [2.05, 4.69) is 55.0 Å². The Morgan fingerprint density at radius 2 is 1.95 bits per heavy atom. The highest BCUT2D eigenvalue weighted by molar-refractivity contribution is 7.99. The summed E-state index contributed by atoms with van der Waals surface area (Å²) in [6.45, 7) is 6.00. The smallest absolute Gasteiger partial charge is 0.232 e. The van der Waals surface area contributed by atoms with Crippen LogP contribution in [0, 0.1) is 16.6 Å². The van der Waals surface area contributed by atoms with E-state index < -0.39 is 5.82 Å². The SMILES string of the molecule is CCCN(C)CCNCC12CC1(C(=O)Nc1cc(Nc3cc(-c4ccccc4F)nnc3SCCO)ncn1)C2. The summed E-state index contributed by atoms with van der Waals surface area (Å²) < 4.78 is 14.4. The number of amides is 1. The summed E-state index contributed by atoms with van der Waals surface area (Å²) in [4.78, 5) is 24.0. The van der Waals surface area contributed by atoms with Crippen LogP contribution in [0.4, 0.5) is 21.7 Å². The predicted molar refractivity (Wildman–Crippen MR) is 154 cm³/mol. The minimum Gasteiger partial charge on any atom is -0.396 e. The van der Waals surface area contributed by atoms with Crippen molar-refractivity contribution in [3.8, 4) is 11.3 Å². The maximum Gasteiger partial charge on any atom is 0.232 e. The number of likely N-dealkylation sites (N-methyl/N-ethyl adjacent to an activating group) is 1. The Labute approximate surface area is 237 Å². The van der Waals surface area contributed by atoms with E-state index in [1.54, 1.807) is 30.3 Å². The number of rotatable bonds is 15. The van der Waals surface area contributed by atoms with Crippen LogP contribution < -0.4 is 16.0 Å². The molecule has 2 aliphatic rings. The highest BCUT2D eigenvalue weighted by atomic mass is 32.2. The largest absolute Gasteiger partial charge is 0.396 e. The second kappa shape index (κ2) is 12.1. The van der Waals surface area contributed by atoms with Gasteiger partial charge in [-0.2, -0.15) is 0 Å². The highest BCUT2D eigenvalue weighted by Gasteiger charge is 2.86. The third kappa shape index (κ3) is 6.09. The minimum atomic E-state index is -0.403. The average molecular weight is 567 g/mol. The number of benzene rings is 1. The van der Waals surface area contributed by atoms with Crippen molar-refractivity contribution in [2.75, 3.05) is 56.2 Å². The van der Waals surface area contributed by atoms with Crippen molar-refractivity contribution in [1.29, 1.82) is 0 Å². The number of nitrogens with zero attached hydrogens (tertiary/aromatic N) is 5. The molecule has 40 heavy (non-hydrogen) atoms. The topological polar surface area (TPSA) is 128 Å². The van der Waals surface area contributed by atoms with Gasteiger partial charge in [0.05, 0.1) is 23.4 Å². The zero-order valence-electron chi connectivity index (χ0n) is 22.8. The highest BCUT2D eigenvalue weighted by Crippen LogP contribution is 2.85. The Kier molecular flexibility index (Phi) is 8.60. The maximum absolute atomic E-state index is 14.4. The lowest BCUT2D eigenvalue weighted by Crippen LogP contribution is -2.31. The number of hydrogen-bond donors (Lipinski definition) is 4. The van der Waals surface area contributed by atoms with Crippen molar-refractivity contribution in [2.24, 2.45) is 10.8 Å². The maximum atomic E-state index is 14.4. The van der Waals surface area contributed by atoms with Gasteiger partial charge in [0.25, 0.3) is 0 Å². The van der Waals surface area contributed by atoms with E-state index in [9.17, 15) is 14.3 Å². The molecule has 0 radical (unpaired) electrons. The third-order valence-electron chi connectivity index (χ3n) is 7.63. The van der Waals surface area contributed by atoms with E-state index in [4.69, 9.17) is 0 Å². The molecule has 0 unspecified atom stereocenters. The van der Waals surface area contributed by atoms with Gasteiger partial charge >= 0.3 is 0 Å². The summed E-state index contributed by atoms with van der Waals surface area (Å²) in [6, 6.07) is 9.71. The van der Waals surface area contributed by atoms with Gasteiger partial charge in [0, 0.05) is 37.0 Å². The lowest BCUT2D eigenvalue weighted by Gasteiger charge is -2.15. The van der Waals surface area contributed by atoms with E-state index in [0.29, 0.717) is 39.4 Å². The fourth-order valence-corrected chi connectivity index (χ4v) is 5.84. The number of aromatic nitrogens is 4. The molecule has 10 nitrogen and oxygen atoms in total. The molecular formula is C28H35FN8O2S. The molecule has 2 aliphatic carbocycles. The van der Waals surface area contributed by atoms with Crippen LogP contribution in [0.25, 0.3) is 11.3 Å². The monoisotopic (exact) mass is 566 g/mol. The summed E-state index contributed by atoms with van der Waals surface area (Å²) in [7, 11) is 2.13. The lowest BCUT2D eigenvalue weighted by molar-refractivity contribution is -0.119. The van der Waals surface area contributed by atoms with Crippen LogP contribution in [0.15, 0.2) is 47.8 Å². The zero-order chi connectivity index (χ0) is 28.2. The molecule has 1 amide bonds. The van der Waals surface area contributed by atoms with Crippen molar-refractivity contribution in [3.63, 3.8) is 0 Å². The van der Waals surface area contributed by atoms with E-state index in [1.165, 1.54) is 24.2 Å². The second-order valence-electron chi connectivity index (χ2n) is 10.6. The fraction of sp³-hybridized carbons (Fsp3) is 0.464. The lowest BCUT2D eigenvalue weighted by atomic mass is 10.1. The molecule has 2 fully saturated rings. The van der Waals surface area contributed by atoms with Crippen molar-refractivity contribution < 1.29 is 14.3 Å². The number of aliphatic hydroxyl groups is 1. The van der Waals surface area contributed by atoms with E-state index >= 15 is 0 Å². The molecule has 3 aromatic rings. The number of anilines is 3. The number of nitrogens with one attached hydrogen (secondary N) is 3. The average Bonchev–Trinajstić information content (AvgIpc) is 3.79. The van der Waals surface area contributed by atoms with Crippen LogP contribution in [0.5, 0.6) is 0 Å². The Balaban J connectivity index is 1.22. The Morgan fingerprint density at radius 3 is 2.73 bits per heavy atom. The number of thioether (sulfide) groups is 1. The summed E-state index contributed by atoms with van der Waals surface area (Å²) in [6.07, 6.45) is 4.31. The molecule has 212 valence electrons. The summed E-state index contributed by atoms with van der Waals surface area (Å²) in [5, 5.41) is 28.0. The van der Waals surface area contributed by atoms with Crippen molar-refractivity contribution in [2.45, 2.75) is 31.2 Å². The van der Waals surface area contributed by atoms with Gasteiger partial charge in [-0.25, -0.2) is 14.4 Å². The van der Waals surface area contributed by atoms with Crippen LogP contribution in [0.3, 0.4) is 0 Å². The van der Waals surface area contributed by atoms with Crippen LogP contribution in [0.2, 0.25) is 0 Å². The third-order valence-corrected chi connectivity index (χ3v) is 8.59. The van der Waals surface area contributed by atoms with Crippen molar-refractivity contribution in [1.82, 2.24) is 30.4 Å². The van der Waals surface area contributed by atoms with Crippen LogP contribution in [0.1, 0.15) is 26.2 Å². The first-order valence-electron chi connectivity index (χ1n) is 13.6. The second-order valence-corrected chi connectivity index (χ2v) is 11.6. The number of halogens is 1. The molecule has 2 heterocycles. The van der Waals surface area contributed by atoms with Gasteiger partial charge in [0.1, 0.15) is 28.8 Å². The van der Waals surface area contributed by atoms with Gasteiger partial charge in [-0.05, 0) is 56.5 Å². The molecule has 0 bridgehead atoms. The molecule has 2 aromatic heterocycles. The predicted octanol–water partition coefficient (Wildman–Crippen LogP) is 3.55. The molecule has 0 spiro atoms. The number of carbonyl (C=O) groups is 1. The van der Waals surface area contributed by atoms with Crippen LogP contribution >= 0.6 is 11.8 Å². The summed E-state index contributed by atoms with van der Waals surface area (Å²) in [5.41, 5.74) is 1.01. The molecule has 0 atom stereocenters. The van der Waals surface area contributed by atoms with Gasteiger partial charge in [0.2, 0.25) is 5.91 Å². The van der Waals surface area contributed by atoms with E-state index in [0.717, 1.165) is 45.4 Å². The van der Waals surface area contributed by atoms with E-state index in [-0.39, 0.29) is 23.3 Å². The van der Waals surface area contributed by atoms with Gasteiger partial charge in [0.15, 0.2) is 0 Å². The minimum absolute atomic E-state index is 0.00587. The first kappa shape index (κ1) is 28.3. The normalized spacial score (nSPS) is 20.7. The molecule has 5 rings (SSSR count).